The summed E-state index contributed by atoms with van der Waals surface area (Å²) in [6, 6.07) is 9.13. The second-order valence-electron chi connectivity index (χ2n) is 7.70. The Morgan fingerprint density at radius 3 is 2.00 bits per heavy atom. The van der Waals surface area contributed by atoms with Gasteiger partial charge >= 0.3 is 0 Å². The van der Waals surface area contributed by atoms with Gasteiger partial charge in [0, 0.05) is 7.11 Å². The summed E-state index contributed by atoms with van der Waals surface area (Å²) in [7, 11) is 1.76. The molecule has 1 aromatic carbocycles. The molecule has 0 amide bonds. The summed E-state index contributed by atoms with van der Waals surface area (Å²) in [5, 5.41) is 0. The third-order valence-electron chi connectivity index (χ3n) is 6.35. The van der Waals surface area contributed by atoms with Crippen molar-refractivity contribution in [2.75, 3.05) is 7.11 Å². The van der Waals surface area contributed by atoms with E-state index in [-0.39, 0.29) is 0 Å². The van der Waals surface area contributed by atoms with Gasteiger partial charge in [0.05, 0.1) is 6.61 Å². The summed E-state index contributed by atoms with van der Waals surface area (Å²) in [5.74, 6) is 3.57. The van der Waals surface area contributed by atoms with Crippen LogP contribution in [-0.4, -0.2) is 7.11 Å². The Balaban J connectivity index is 1.49. The summed E-state index contributed by atoms with van der Waals surface area (Å²) >= 11 is 0. The van der Waals surface area contributed by atoms with Crippen LogP contribution in [0.15, 0.2) is 36.9 Å². The highest BCUT2D eigenvalue weighted by Gasteiger charge is 2.30. The summed E-state index contributed by atoms with van der Waals surface area (Å²) < 4.78 is 5.20. The van der Waals surface area contributed by atoms with Crippen LogP contribution in [0.4, 0.5) is 0 Å². The minimum Gasteiger partial charge on any atom is -0.380 e. The summed E-state index contributed by atoms with van der Waals surface area (Å²) in [6.45, 7) is 4.70. The second-order valence-corrected chi connectivity index (χ2v) is 7.70. The number of hydrogen-bond acceptors (Lipinski definition) is 1. The van der Waals surface area contributed by atoms with Gasteiger partial charge in [-0.2, -0.15) is 0 Å². The lowest BCUT2D eigenvalue weighted by Gasteiger charge is -2.37. The van der Waals surface area contributed by atoms with E-state index in [0.29, 0.717) is 0 Å². The summed E-state index contributed by atoms with van der Waals surface area (Å²) in [4.78, 5) is 0. The van der Waals surface area contributed by atoms with Gasteiger partial charge in [0.15, 0.2) is 0 Å². The van der Waals surface area contributed by atoms with E-state index in [0.717, 1.165) is 30.3 Å². The maximum Gasteiger partial charge on any atom is 0.0713 e. The largest absolute Gasteiger partial charge is 0.380 e. The van der Waals surface area contributed by atoms with Gasteiger partial charge in [-0.15, -0.1) is 6.58 Å². The Hall–Kier alpha value is -1.08. The molecule has 23 heavy (non-hydrogen) atoms. The first kappa shape index (κ1) is 16.8. The normalized spacial score (nSPS) is 31.7. The number of ether oxygens (including phenoxy) is 1. The standard InChI is InChI=1S/C22H32O/c1-3-17-4-8-19(9-5-17)21-12-14-22(15-13-21)20-10-6-18(7-11-20)16-23-2/h3,6-7,10-11,17,19,21-22H,1,4-5,8-9,12-16H2,2H3. The Kier molecular flexibility index (Phi) is 5.94. The molecule has 0 heterocycles. The van der Waals surface area contributed by atoms with E-state index in [2.05, 4.69) is 36.9 Å². The van der Waals surface area contributed by atoms with Crippen molar-refractivity contribution in [3.63, 3.8) is 0 Å². The number of hydrogen-bond donors (Lipinski definition) is 0. The molecular weight excluding hydrogens is 280 g/mol. The maximum absolute atomic E-state index is 5.20. The molecule has 0 aliphatic heterocycles. The first-order chi connectivity index (χ1) is 11.3. The average Bonchev–Trinajstić information content (AvgIpc) is 2.63. The molecule has 0 unspecified atom stereocenters. The van der Waals surface area contributed by atoms with Crippen molar-refractivity contribution in [3.05, 3.63) is 48.0 Å². The Morgan fingerprint density at radius 1 is 0.913 bits per heavy atom. The minimum absolute atomic E-state index is 0.723. The van der Waals surface area contributed by atoms with E-state index in [4.69, 9.17) is 4.74 Å². The number of allylic oxidation sites excluding steroid dienone is 1. The molecule has 2 aliphatic rings. The quantitative estimate of drug-likeness (QED) is 0.597. The molecule has 0 bridgehead atoms. The van der Waals surface area contributed by atoms with Crippen LogP contribution in [-0.2, 0) is 11.3 Å². The zero-order valence-electron chi connectivity index (χ0n) is 14.7. The van der Waals surface area contributed by atoms with Gasteiger partial charge in [0.25, 0.3) is 0 Å². The Bertz CT molecular complexity index is 473. The zero-order valence-corrected chi connectivity index (χ0v) is 14.7. The minimum atomic E-state index is 0.723. The Morgan fingerprint density at radius 2 is 1.48 bits per heavy atom. The highest BCUT2D eigenvalue weighted by atomic mass is 16.5. The highest BCUT2D eigenvalue weighted by Crippen LogP contribution is 2.43. The fourth-order valence-electron chi connectivity index (χ4n) is 4.83. The molecule has 2 aliphatic carbocycles. The third kappa shape index (κ3) is 4.26. The highest BCUT2D eigenvalue weighted by molar-refractivity contribution is 5.25. The van der Waals surface area contributed by atoms with Crippen LogP contribution in [0.1, 0.15) is 68.4 Å². The van der Waals surface area contributed by atoms with Crippen LogP contribution < -0.4 is 0 Å². The molecule has 2 saturated carbocycles. The molecule has 0 radical (unpaired) electrons. The smallest absolute Gasteiger partial charge is 0.0713 e. The molecule has 0 aromatic heterocycles. The molecular formula is C22H32O. The van der Waals surface area contributed by atoms with Gasteiger partial charge in [-0.05, 0) is 86.2 Å². The molecule has 3 rings (SSSR count). The van der Waals surface area contributed by atoms with Crippen molar-refractivity contribution < 1.29 is 4.74 Å². The molecule has 2 fully saturated rings. The van der Waals surface area contributed by atoms with Crippen LogP contribution in [0.3, 0.4) is 0 Å². The number of methoxy groups -OCH3 is 1. The van der Waals surface area contributed by atoms with Crippen LogP contribution in [0.2, 0.25) is 0 Å². The summed E-state index contributed by atoms with van der Waals surface area (Å²) in [6.07, 6.45) is 13.5. The van der Waals surface area contributed by atoms with Gasteiger partial charge in [0.2, 0.25) is 0 Å². The molecule has 0 saturated heterocycles. The van der Waals surface area contributed by atoms with Crippen LogP contribution in [0.5, 0.6) is 0 Å². The monoisotopic (exact) mass is 312 g/mol. The van der Waals surface area contributed by atoms with E-state index in [1.54, 1.807) is 12.7 Å². The van der Waals surface area contributed by atoms with Crippen LogP contribution >= 0.6 is 0 Å². The third-order valence-corrected chi connectivity index (χ3v) is 6.35. The predicted octanol–water partition coefficient (Wildman–Crippen LogP) is 6.10. The SMILES string of the molecule is C=CC1CCC(C2CCC(c3ccc(COC)cc3)CC2)CC1. The average molecular weight is 312 g/mol. The predicted molar refractivity (Wildman–Crippen MR) is 97.5 cm³/mol. The maximum atomic E-state index is 5.20. The molecule has 1 nitrogen and oxygen atoms in total. The lowest BCUT2D eigenvalue weighted by molar-refractivity contribution is 0.171. The van der Waals surface area contributed by atoms with E-state index in [9.17, 15) is 0 Å². The topological polar surface area (TPSA) is 9.23 Å². The van der Waals surface area contributed by atoms with Crippen LogP contribution in [0, 0.1) is 17.8 Å². The molecule has 0 spiro atoms. The molecule has 1 aromatic rings. The van der Waals surface area contributed by atoms with Crippen molar-refractivity contribution in [2.45, 2.75) is 63.9 Å². The molecule has 1 heteroatoms. The molecule has 126 valence electrons. The van der Waals surface area contributed by atoms with Crippen molar-refractivity contribution in [2.24, 2.45) is 17.8 Å². The second kappa shape index (κ2) is 8.15. The zero-order chi connectivity index (χ0) is 16.1. The van der Waals surface area contributed by atoms with E-state index in [1.165, 1.54) is 56.9 Å². The number of benzene rings is 1. The Labute approximate surface area is 142 Å². The van der Waals surface area contributed by atoms with Crippen LogP contribution in [0.25, 0.3) is 0 Å². The van der Waals surface area contributed by atoms with E-state index in [1.807, 2.05) is 0 Å². The van der Waals surface area contributed by atoms with Crippen molar-refractivity contribution in [3.8, 4) is 0 Å². The summed E-state index contributed by atoms with van der Waals surface area (Å²) in [5.41, 5.74) is 2.82. The van der Waals surface area contributed by atoms with E-state index >= 15 is 0 Å². The molecule has 0 atom stereocenters. The fraction of sp³-hybridized carbons (Fsp3) is 0.636. The first-order valence-electron chi connectivity index (χ1n) is 9.50. The van der Waals surface area contributed by atoms with Gasteiger partial charge in [-0.1, -0.05) is 30.3 Å². The van der Waals surface area contributed by atoms with Gasteiger partial charge in [-0.3, -0.25) is 0 Å². The van der Waals surface area contributed by atoms with Crippen molar-refractivity contribution in [1.29, 1.82) is 0 Å². The molecule has 0 N–H and O–H groups in total. The van der Waals surface area contributed by atoms with Crippen molar-refractivity contribution in [1.82, 2.24) is 0 Å². The van der Waals surface area contributed by atoms with Crippen molar-refractivity contribution >= 4 is 0 Å². The first-order valence-corrected chi connectivity index (χ1v) is 9.50. The number of rotatable bonds is 5. The lowest BCUT2D eigenvalue weighted by atomic mass is 9.68. The van der Waals surface area contributed by atoms with E-state index < -0.39 is 0 Å². The van der Waals surface area contributed by atoms with Gasteiger partial charge < -0.3 is 4.74 Å². The fourth-order valence-corrected chi connectivity index (χ4v) is 4.83. The van der Waals surface area contributed by atoms with Gasteiger partial charge in [-0.25, -0.2) is 0 Å². The lowest BCUT2D eigenvalue weighted by Crippen LogP contribution is -2.25. The van der Waals surface area contributed by atoms with Gasteiger partial charge in [0.1, 0.15) is 0 Å².